The Morgan fingerprint density at radius 3 is 2.54 bits per heavy atom. The molecule has 26 heavy (non-hydrogen) atoms. The molecule has 0 atom stereocenters. The fraction of sp³-hybridized carbons (Fsp3) is 0.211. The second kappa shape index (κ2) is 6.84. The first-order valence-corrected chi connectivity index (χ1v) is 8.77. The maximum absolute atomic E-state index is 12.6. The molecule has 0 aliphatic carbocycles. The third-order valence-corrected chi connectivity index (χ3v) is 5.10. The maximum atomic E-state index is 12.6. The van der Waals surface area contributed by atoms with Gasteiger partial charge in [0.25, 0.3) is 5.69 Å². The number of carbonyl (C=O) groups is 1. The summed E-state index contributed by atoms with van der Waals surface area (Å²) in [5.74, 6) is 0.485. The molecule has 2 aromatic carbocycles. The van der Waals surface area contributed by atoms with Crippen LogP contribution in [0.4, 0.5) is 5.69 Å². The van der Waals surface area contributed by atoms with Gasteiger partial charge in [-0.3, -0.25) is 14.9 Å². The molecule has 1 aliphatic heterocycles. The number of methoxy groups -OCH3 is 1. The Morgan fingerprint density at radius 1 is 1.23 bits per heavy atom. The Hall–Kier alpha value is -2.80. The zero-order valence-corrected chi connectivity index (χ0v) is 15.4. The number of nitro benzene ring substituents is 1. The van der Waals surface area contributed by atoms with Gasteiger partial charge >= 0.3 is 0 Å². The summed E-state index contributed by atoms with van der Waals surface area (Å²) in [5.41, 5.74) is 1.94. The van der Waals surface area contributed by atoms with Gasteiger partial charge in [0.15, 0.2) is 5.78 Å². The largest absolute Gasteiger partial charge is 0.497 e. The summed E-state index contributed by atoms with van der Waals surface area (Å²) in [6.45, 7) is 4.07. The van der Waals surface area contributed by atoms with Crippen molar-refractivity contribution >= 4 is 28.9 Å². The maximum Gasteiger partial charge on any atom is 0.269 e. The third-order valence-electron chi connectivity index (χ3n) is 3.92. The summed E-state index contributed by atoms with van der Waals surface area (Å²) >= 11 is 1.67. The molecule has 0 saturated heterocycles. The third kappa shape index (κ3) is 3.72. The summed E-state index contributed by atoms with van der Waals surface area (Å²) in [5, 5.41) is 14.1. The molecule has 1 N–H and O–H groups in total. The van der Waals surface area contributed by atoms with Crippen molar-refractivity contribution in [1.82, 2.24) is 5.32 Å². The molecular weight excluding hydrogens is 352 g/mol. The molecule has 0 spiro atoms. The molecule has 134 valence electrons. The number of nitro groups is 1. The summed E-state index contributed by atoms with van der Waals surface area (Å²) in [4.78, 5) is 23.7. The lowest BCUT2D eigenvalue weighted by atomic mass is 10.0. The number of hydrogen-bond donors (Lipinski definition) is 1. The highest BCUT2D eigenvalue weighted by atomic mass is 32.2. The molecule has 0 bridgehead atoms. The van der Waals surface area contributed by atoms with Crippen molar-refractivity contribution in [3.63, 3.8) is 0 Å². The molecule has 2 aromatic rings. The number of nitrogens with zero attached hydrogens (tertiary/aromatic N) is 1. The van der Waals surface area contributed by atoms with Gasteiger partial charge < -0.3 is 10.1 Å². The lowest BCUT2D eigenvalue weighted by molar-refractivity contribution is -0.384. The van der Waals surface area contributed by atoms with Crippen molar-refractivity contribution in [2.24, 2.45) is 0 Å². The highest BCUT2D eigenvalue weighted by molar-refractivity contribution is 8.00. The van der Waals surface area contributed by atoms with Crippen LogP contribution in [0.25, 0.3) is 5.70 Å². The van der Waals surface area contributed by atoms with E-state index in [1.165, 1.54) is 30.3 Å². The van der Waals surface area contributed by atoms with Crippen molar-refractivity contribution in [1.29, 1.82) is 0 Å². The second-order valence-corrected chi connectivity index (χ2v) is 7.99. The van der Waals surface area contributed by atoms with E-state index in [4.69, 9.17) is 4.74 Å². The van der Waals surface area contributed by atoms with Gasteiger partial charge in [-0.25, -0.2) is 0 Å². The first kappa shape index (κ1) is 18.0. The van der Waals surface area contributed by atoms with E-state index in [2.05, 4.69) is 5.32 Å². The zero-order chi connectivity index (χ0) is 18.9. The molecule has 3 rings (SSSR count). The average Bonchev–Trinajstić information content (AvgIpc) is 2.60. The summed E-state index contributed by atoms with van der Waals surface area (Å²) in [6.07, 6.45) is 1.53. The van der Waals surface area contributed by atoms with Gasteiger partial charge in [-0.2, -0.15) is 0 Å². The van der Waals surface area contributed by atoms with Crippen molar-refractivity contribution in [3.8, 4) is 5.75 Å². The highest BCUT2D eigenvalue weighted by Crippen LogP contribution is 2.42. The minimum atomic E-state index is -0.488. The van der Waals surface area contributed by atoms with Crippen LogP contribution >= 0.6 is 11.8 Å². The standard InChI is InChI=1S/C19H18N2O4S/c1-19(2)20-16(15-10-14(25-3)8-9-18(15)26-19)11-17(22)12-4-6-13(7-5-12)21(23)24/h4-11,20H,1-3H3. The van der Waals surface area contributed by atoms with Crippen molar-refractivity contribution in [2.75, 3.05) is 7.11 Å². The molecule has 0 amide bonds. The molecule has 0 radical (unpaired) electrons. The monoisotopic (exact) mass is 370 g/mol. The fourth-order valence-electron chi connectivity index (χ4n) is 2.70. The number of non-ortho nitro benzene ring substituents is 1. The van der Waals surface area contributed by atoms with E-state index in [1.807, 2.05) is 32.0 Å². The Morgan fingerprint density at radius 2 is 1.92 bits per heavy atom. The molecule has 0 aromatic heterocycles. The second-order valence-electron chi connectivity index (χ2n) is 6.33. The number of allylic oxidation sites excluding steroid dienone is 1. The molecular formula is C19H18N2O4S. The van der Waals surface area contributed by atoms with E-state index < -0.39 is 4.92 Å². The molecule has 0 fully saturated rings. The van der Waals surface area contributed by atoms with Crippen LogP contribution in [0, 0.1) is 10.1 Å². The normalized spacial score (nSPS) is 16.5. The predicted molar refractivity (Wildman–Crippen MR) is 101 cm³/mol. The van der Waals surface area contributed by atoms with Crippen LogP contribution in [-0.4, -0.2) is 22.7 Å². The van der Waals surface area contributed by atoms with E-state index in [1.54, 1.807) is 18.9 Å². The van der Waals surface area contributed by atoms with Crippen LogP contribution in [0.2, 0.25) is 0 Å². The minimum Gasteiger partial charge on any atom is -0.497 e. The molecule has 1 aliphatic rings. The minimum absolute atomic E-state index is 0.0439. The molecule has 0 unspecified atom stereocenters. The predicted octanol–water partition coefficient (Wildman–Crippen LogP) is 4.26. The number of thioether (sulfide) groups is 1. The van der Waals surface area contributed by atoms with E-state index in [0.717, 1.165) is 10.5 Å². The van der Waals surface area contributed by atoms with Gasteiger partial charge in [-0.15, -0.1) is 0 Å². The lowest BCUT2D eigenvalue weighted by Crippen LogP contribution is -2.37. The van der Waals surface area contributed by atoms with Crippen LogP contribution in [0.3, 0.4) is 0 Å². The summed E-state index contributed by atoms with van der Waals surface area (Å²) in [6, 6.07) is 11.3. The van der Waals surface area contributed by atoms with Crippen LogP contribution in [0.15, 0.2) is 53.4 Å². The van der Waals surface area contributed by atoms with Gasteiger partial charge in [-0.05, 0) is 44.2 Å². The van der Waals surface area contributed by atoms with Gasteiger partial charge in [0.2, 0.25) is 0 Å². The Labute approximate surface area is 155 Å². The first-order chi connectivity index (χ1) is 12.3. The van der Waals surface area contributed by atoms with Gasteiger partial charge in [0, 0.05) is 39.9 Å². The number of rotatable bonds is 4. The number of nitrogens with one attached hydrogen (secondary N) is 1. The number of hydrogen-bond acceptors (Lipinski definition) is 6. The SMILES string of the molecule is COc1ccc2c(c1)C(=CC(=O)c1ccc([N+](=O)[O-])cc1)NC(C)(C)S2. The topological polar surface area (TPSA) is 81.5 Å². The van der Waals surface area contributed by atoms with E-state index >= 15 is 0 Å². The van der Waals surface area contributed by atoms with Gasteiger partial charge in [0.1, 0.15) is 5.75 Å². The number of fused-ring (bicyclic) bond motifs is 1. The van der Waals surface area contributed by atoms with Crippen LogP contribution in [0.5, 0.6) is 5.75 Å². The Bertz CT molecular complexity index is 904. The Kier molecular flexibility index (Phi) is 4.73. The van der Waals surface area contributed by atoms with Crippen LogP contribution in [0.1, 0.15) is 29.8 Å². The van der Waals surface area contributed by atoms with Gasteiger partial charge in [-0.1, -0.05) is 11.8 Å². The summed E-state index contributed by atoms with van der Waals surface area (Å²) < 4.78 is 5.29. The summed E-state index contributed by atoms with van der Waals surface area (Å²) in [7, 11) is 1.60. The lowest BCUT2D eigenvalue weighted by Gasteiger charge is -2.34. The number of benzene rings is 2. The smallest absolute Gasteiger partial charge is 0.269 e. The molecule has 6 nitrogen and oxygen atoms in total. The number of ketones is 1. The first-order valence-electron chi connectivity index (χ1n) is 7.95. The van der Waals surface area contributed by atoms with Crippen molar-refractivity contribution in [2.45, 2.75) is 23.6 Å². The van der Waals surface area contributed by atoms with Gasteiger partial charge in [0.05, 0.1) is 16.9 Å². The van der Waals surface area contributed by atoms with Crippen molar-refractivity contribution in [3.05, 3.63) is 69.8 Å². The van der Waals surface area contributed by atoms with E-state index in [0.29, 0.717) is 17.0 Å². The van der Waals surface area contributed by atoms with E-state index in [-0.39, 0.29) is 16.3 Å². The number of ether oxygens (including phenoxy) is 1. The van der Waals surface area contributed by atoms with E-state index in [9.17, 15) is 14.9 Å². The number of carbonyl (C=O) groups excluding carboxylic acids is 1. The average molecular weight is 370 g/mol. The fourth-order valence-corrected chi connectivity index (χ4v) is 3.83. The molecule has 1 heterocycles. The Balaban J connectivity index is 1.99. The van der Waals surface area contributed by atoms with Crippen LogP contribution in [-0.2, 0) is 0 Å². The highest BCUT2D eigenvalue weighted by Gasteiger charge is 2.29. The molecule has 7 heteroatoms. The zero-order valence-electron chi connectivity index (χ0n) is 14.6. The van der Waals surface area contributed by atoms with Crippen LogP contribution < -0.4 is 10.1 Å². The molecule has 0 saturated carbocycles. The quantitative estimate of drug-likeness (QED) is 0.375. The van der Waals surface area contributed by atoms with Crippen molar-refractivity contribution < 1.29 is 14.5 Å².